The van der Waals surface area contributed by atoms with Gasteiger partial charge in [-0.05, 0) is 30.2 Å². The van der Waals surface area contributed by atoms with E-state index in [0.717, 1.165) is 11.1 Å². The molecular formula is C14H12Cl2O. The van der Waals surface area contributed by atoms with Gasteiger partial charge in [0.2, 0.25) is 0 Å². The van der Waals surface area contributed by atoms with Crippen LogP contribution in [0.25, 0.3) is 0 Å². The van der Waals surface area contributed by atoms with Crippen LogP contribution in [0.4, 0.5) is 0 Å². The van der Waals surface area contributed by atoms with Crippen LogP contribution in [0.15, 0.2) is 48.5 Å². The van der Waals surface area contributed by atoms with E-state index in [-0.39, 0.29) is 0 Å². The molecule has 0 unspecified atom stereocenters. The molecule has 0 heterocycles. The third-order valence-electron chi connectivity index (χ3n) is 2.82. The summed E-state index contributed by atoms with van der Waals surface area (Å²) in [6.45, 7) is 1.74. The number of hydrogen-bond donors (Lipinski definition) is 1. The first-order valence-electron chi connectivity index (χ1n) is 5.25. The van der Waals surface area contributed by atoms with E-state index in [1.807, 2.05) is 30.3 Å². The Labute approximate surface area is 111 Å². The van der Waals surface area contributed by atoms with Gasteiger partial charge in [0, 0.05) is 0 Å². The van der Waals surface area contributed by atoms with Gasteiger partial charge in [0.25, 0.3) is 0 Å². The summed E-state index contributed by atoms with van der Waals surface area (Å²) in [7, 11) is 0. The lowest BCUT2D eigenvalue weighted by Gasteiger charge is -2.24. The molecule has 3 heteroatoms. The molecule has 88 valence electrons. The van der Waals surface area contributed by atoms with Crippen LogP contribution in [0.3, 0.4) is 0 Å². The highest BCUT2D eigenvalue weighted by molar-refractivity contribution is 6.42. The molecule has 0 spiro atoms. The van der Waals surface area contributed by atoms with Gasteiger partial charge in [-0.3, -0.25) is 0 Å². The minimum absolute atomic E-state index is 0.445. The molecule has 2 aromatic carbocycles. The lowest BCUT2D eigenvalue weighted by atomic mass is 9.88. The van der Waals surface area contributed by atoms with Crippen molar-refractivity contribution in [1.29, 1.82) is 0 Å². The fourth-order valence-corrected chi connectivity index (χ4v) is 2.03. The Hall–Kier alpha value is -1.02. The molecule has 0 saturated heterocycles. The van der Waals surface area contributed by atoms with Gasteiger partial charge in [-0.2, -0.15) is 0 Å². The van der Waals surface area contributed by atoms with Gasteiger partial charge in [-0.1, -0.05) is 59.6 Å². The second kappa shape index (κ2) is 4.69. The van der Waals surface area contributed by atoms with E-state index in [9.17, 15) is 5.11 Å². The Kier molecular flexibility index (Phi) is 3.43. The van der Waals surface area contributed by atoms with E-state index in [4.69, 9.17) is 23.2 Å². The van der Waals surface area contributed by atoms with Crippen molar-refractivity contribution in [2.45, 2.75) is 12.5 Å². The van der Waals surface area contributed by atoms with E-state index >= 15 is 0 Å². The molecule has 1 nitrogen and oxygen atoms in total. The maximum Gasteiger partial charge on any atom is 0.112 e. The summed E-state index contributed by atoms with van der Waals surface area (Å²) in [5.41, 5.74) is 0.464. The fourth-order valence-electron chi connectivity index (χ4n) is 1.73. The molecule has 0 aliphatic heterocycles. The van der Waals surface area contributed by atoms with E-state index in [1.54, 1.807) is 25.1 Å². The van der Waals surface area contributed by atoms with Crippen molar-refractivity contribution in [3.8, 4) is 0 Å². The summed E-state index contributed by atoms with van der Waals surface area (Å²) in [6.07, 6.45) is 0. The molecule has 0 aliphatic carbocycles. The van der Waals surface area contributed by atoms with Crippen LogP contribution < -0.4 is 0 Å². The molecule has 0 aliphatic rings. The summed E-state index contributed by atoms with van der Waals surface area (Å²) in [5, 5.41) is 11.5. The van der Waals surface area contributed by atoms with Crippen LogP contribution in [0, 0.1) is 0 Å². The predicted octanol–water partition coefficient (Wildman–Crippen LogP) is 4.25. The van der Waals surface area contributed by atoms with Crippen LogP contribution in [0.2, 0.25) is 10.0 Å². The van der Waals surface area contributed by atoms with Crippen molar-refractivity contribution in [3.05, 3.63) is 69.7 Å². The molecule has 2 rings (SSSR count). The lowest BCUT2D eigenvalue weighted by molar-refractivity contribution is 0.102. The van der Waals surface area contributed by atoms with Crippen molar-refractivity contribution >= 4 is 23.2 Å². The first kappa shape index (κ1) is 12.4. The number of rotatable bonds is 2. The first-order chi connectivity index (χ1) is 8.01. The molecule has 0 amide bonds. The zero-order valence-corrected chi connectivity index (χ0v) is 10.8. The number of aliphatic hydroxyl groups is 1. The van der Waals surface area contributed by atoms with Crippen LogP contribution in [-0.2, 0) is 5.60 Å². The largest absolute Gasteiger partial charge is 0.381 e. The average Bonchev–Trinajstić information content (AvgIpc) is 2.33. The van der Waals surface area contributed by atoms with E-state index in [0.29, 0.717) is 10.0 Å². The van der Waals surface area contributed by atoms with Crippen LogP contribution in [0.5, 0.6) is 0 Å². The van der Waals surface area contributed by atoms with Crippen molar-refractivity contribution < 1.29 is 5.11 Å². The molecule has 17 heavy (non-hydrogen) atoms. The van der Waals surface area contributed by atoms with Crippen molar-refractivity contribution in [1.82, 2.24) is 0 Å². The number of halogens is 2. The minimum Gasteiger partial charge on any atom is -0.381 e. The van der Waals surface area contributed by atoms with Crippen molar-refractivity contribution in [2.75, 3.05) is 0 Å². The third kappa shape index (κ3) is 2.47. The molecule has 1 atom stereocenters. The highest BCUT2D eigenvalue weighted by Crippen LogP contribution is 2.32. The molecule has 2 aromatic rings. The quantitative estimate of drug-likeness (QED) is 0.862. The Morgan fingerprint density at radius 3 is 2.12 bits per heavy atom. The summed E-state index contributed by atoms with van der Waals surface area (Å²) < 4.78 is 0. The van der Waals surface area contributed by atoms with E-state index in [1.165, 1.54) is 0 Å². The molecule has 0 aromatic heterocycles. The monoisotopic (exact) mass is 266 g/mol. The Balaban J connectivity index is 2.48. The number of hydrogen-bond acceptors (Lipinski definition) is 1. The van der Waals surface area contributed by atoms with Crippen LogP contribution in [0.1, 0.15) is 18.1 Å². The van der Waals surface area contributed by atoms with E-state index in [2.05, 4.69) is 0 Å². The predicted molar refractivity (Wildman–Crippen MR) is 71.6 cm³/mol. The lowest BCUT2D eigenvalue weighted by Crippen LogP contribution is -2.22. The summed E-state index contributed by atoms with van der Waals surface area (Å²) in [5.74, 6) is 0. The third-order valence-corrected chi connectivity index (χ3v) is 3.56. The molecule has 1 N–H and O–H groups in total. The zero-order valence-electron chi connectivity index (χ0n) is 9.32. The minimum atomic E-state index is -1.07. The Morgan fingerprint density at radius 2 is 1.53 bits per heavy atom. The summed E-state index contributed by atoms with van der Waals surface area (Å²) >= 11 is 11.8. The molecule has 0 fully saturated rings. The van der Waals surface area contributed by atoms with Gasteiger partial charge in [0.1, 0.15) is 5.60 Å². The van der Waals surface area contributed by atoms with Gasteiger partial charge in [-0.25, -0.2) is 0 Å². The van der Waals surface area contributed by atoms with Gasteiger partial charge in [0.15, 0.2) is 0 Å². The van der Waals surface area contributed by atoms with Gasteiger partial charge < -0.3 is 5.11 Å². The van der Waals surface area contributed by atoms with E-state index < -0.39 is 5.60 Å². The van der Waals surface area contributed by atoms with Gasteiger partial charge in [-0.15, -0.1) is 0 Å². The average molecular weight is 267 g/mol. The SMILES string of the molecule is C[C@](O)(c1ccccc1)c1ccc(Cl)c(Cl)c1. The number of benzene rings is 2. The normalized spacial score (nSPS) is 14.4. The smallest absolute Gasteiger partial charge is 0.112 e. The topological polar surface area (TPSA) is 20.2 Å². The highest BCUT2D eigenvalue weighted by atomic mass is 35.5. The maximum absolute atomic E-state index is 10.6. The molecule has 0 radical (unpaired) electrons. The van der Waals surface area contributed by atoms with Gasteiger partial charge in [0.05, 0.1) is 10.0 Å². The fraction of sp³-hybridized carbons (Fsp3) is 0.143. The van der Waals surface area contributed by atoms with Crippen molar-refractivity contribution in [3.63, 3.8) is 0 Å². The molecule has 0 bridgehead atoms. The highest BCUT2D eigenvalue weighted by Gasteiger charge is 2.25. The first-order valence-corrected chi connectivity index (χ1v) is 6.01. The molecular weight excluding hydrogens is 255 g/mol. The second-order valence-electron chi connectivity index (χ2n) is 4.07. The van der Waals surface area contributed by atoms with Crippen LogP contribution in [-0.4, -0.2) is 5.11 Å². The van der Waals surface area contributed by atoms with Crippen molar-refractivity contribution in [2.24, 2.45) is 0 Å². The molecule has 0 saturated carbocycles. The van der Waals surface area contributed by atoms with Crippen LogP contribution >= 0.6 is 23.2 Å². The maximum atomic E-state index is 10.6. The zero-order chi connectivity index (χ0) is 12.5. The second-order valence-corrected chi connectivity index (χ2v) is 4.88. The Bertz CT molecular complexity index is 521. The van der Waals surface area contributed by atoms with Gasteiger partial charge >= 0.3 is 0 Å². The standard InChI is InChI=1S/C14H12Cl2O/c1-14(17,10-5-3-2-4-6-10)11-7-8-12(15)13(16)9-11/h2-9,17H,1H3/t14-/m0/s1. The Morgan fingerprint density at radius 1 is 0.882 bits per heavy atom. The summed E-state index contributed by atoms with van der Waals surface area (Å²) in [6, 6.07) is 14.6. The summed E-state index contributed by atoms with van der Waals surface area (Å²) in [4.78, 5) is 0.